The van der Waals surface area contributed by atoms with Crippen LogP contribution in [0.3, 0.4) is 0 Å². The predicted octanol–water partition coefficient (Wildman–Crippen LogP) is 1.45. The van der Waals surface area contributed by atoms with Crippen LogP contribution in [0.1, 0.15) is 46.5 Å². The van der Waals surface area contributed by atoms with Crippen molar-refractivity contribution < 1.29 is 4.79 Å². The second-order valence-electron chi connectivity index (χ2n) is 7.20. The van der Waals surface area contributed by atoms with Crippen LogP contribution < -0.4 is 5.73 Å². The Morgan fingerprint density at radius 3 is 2.47 bits per heavy atom. The van der Waals surface area contributed by atoms with Gasteiger partial charge in [0.1, 0.15) is 0 Å². The highest BCUT2D eigenvalue weighted by atomic mass is 16.2. The highest BCUT2D eigenvalue weighted by Gasteiger charge is 2.33. The van der Waals surface area contributed by atoms with Gasteiger partial charge in [-0.3, -0.25) is 9.69 Å². The van der Waals surface area contributed by atoms with Crippen LogP contribution >= 0.6 is 0 Å². The summed E-state index contributed by atoms with van der Waals surface area (Å²) in [6.45, 7) is 10.6. The third kappa shape index (κ3) is 3.69. The first-order valence-corrected chi connectivity index (χ1v) is 7.65. The van der Waals surface area contributed by atoms with Crippen molar-refractivity contribution in [2.75, 3.05) is 26.2 Å². The molecule has 2 rings (SSSR count). The van der Waals surface area contributed by atoms with Crippen molar-refractivity contribution in [3.05, 3.63) is 0 Å². The Morgan fingerprint density at radius 1 is 1.26 bits per heavy atom. The van der Waals surface area contributed by atoms with Crippen molar-refractivity contribution in [1.29, 1.82) is 0 Å². The molecule has 4 nitrogen and oxygen atoms in total. The number of nitrogens with zero attached hydrogens (tertiary/aromatic N) is 2. The minimum absolute atomic E-state index is 0.00371. The van der Waals surface area contributed by atoms with Gasteiger partial charge in [0.25, 0.3) is 0 Å². The molecule has 0 aromatic heterocycles. The van der Waals surface area contributed by atoms with Gasteiger partial charge in [0, 0.05) is 31.6 Å². The number of nitrogens with two attached hydrogens (primary N) is 1. The van der Waals surface area contributed by atoms with Gasteiger partial charge in [-0.05, 0) is 37.8 Å². The lowest BCUT2D eigenvalue weighted by atomic mass is 9.85. The normalized spacial score (nSPS) is 26.9. The SMILES string of the molecule is CC(C)(C)C(N)CC(=O)N1CCC(N2CCCC2)C1. The molecule has 0 saturated carbocycles. The van der Waals surface area contributed by atoms with Gasteiger partial charge >= 0.3 is 0 Å². The molecule has 110 valence electrons. The summed E-state index contributed by atoms with van der Waals surface area (Å²) in [6.07, 6.45) is 4.26. The summed E-state index contributed by atoms with van der Waals surface area (Å²) in [7, 11) is 0. The molecule has 2 aliphatic heterocycles. The summed E-state index contributed by atoms with van der Waals surface area (Å²) in [5.74, 6) is 0.240. The van der Waals surface area contributed by atoms with Crippen LogP contribution in [0.2, 0.25) is 0 Å². The standard InChI is InChI=1S/C15H29N3O/c1-15(2,3)13(16)10-14(19)18-9-6-12(11-18)17-7-4-5-8-17/h12-13H,4-11,16H2,1-3H3. The maximum atomic E-state index is 12.3. The van der Waals surface area contributed by atoms with Crippen LogP contribution in [0.25, 0.3) is 0 Å². The van der Waals surface area contributed by atoms with Crippen LogP contribution in [0.5, 0.6) is 0 Å². The van der Waals surface area contributed by atoms with Gasteiger partial charge in [-0.2, -0.15) is 0 Å². The molecule has 2 atom stereocenters. The molecule has 0 aromatic rings. The number of likely N-dealkylation sites (tertiary alicyclic amines) is 2. The first-order valence-electron chi connectivity index (χ1n) is 7.65. The first kappa shape index (κ1) is 14.8. The molecule has 0 bridgehead atoms. The van der Waals surface area contributed by atoms with Crippen molar-refractivity contribution in [2.24, 2.45) is 11.1 Å². The van der Waals surface area contributed by atoms with Crippen molar-refractivity contribution in [3.8, 4) is 0 Å². The number of hydrogen-bond acceptors (Lipinski definition) is 3. The fourth-order valence-corrected chi connectivity index (χ4v) is 3.00. The summed E-state index contributed by atoms with van der Waals surface area (Å²) >= 11 is 0. The van der Waals surface area contributed by atoms with Gasteiger partial charge in [-0.1, -0.05) is 20.8 Å². The van der Waals surface area contributed by atoms with Crippen molar-refractivity contribution in [3.63, 3.8) is 0 Å². The van der Waals surface area contributed by atoms with Crippen LogP contribution in [0.15, 0.2) is 0 Å². The molecule has 2 heterocycles. The fraction of sp³-hybridized carbons (Fsp3) is 0.933. The average Bonchev–Trinajstić information content (AvgIpc) is 2.98. The summed E-state index contributed by atoms with van der Waals surface area (Å²) in [6, 6.07) is 0.545. The van der Waals surface area contributed by atoms with E-state index in [0.717, 1.165) is 19.5 Å². The molecule has 4 heteroatoms. The van der Waals surface area contributed by atoms with Crippen LogP contribution in [0, 0.1) is 5.41 Å². The van der Waals surface area contributed by atoms with E-state index in [1.54, 1.807) is 0 Å². The summed E-state index contributed by atoms with van der Waals surface area (Å²) < 4.78 is 0. The number of rotatable bonds is 3. The fourth-order valence-electron chi connectivity index (χ4n) is 3.00. The molecule has 2 saturated heterocycles. The van der Waals surface area contributed by atoms with Crippen molar-refractivity contribution in [2.45, 2.75) is 58.5 Å². The molecule has 0 spiro atoms. The van der Waals surface area contributed by atoms with Gasteiger partial charge in [0.15, 0.2) is 0 Å². The van der Waals surface area contributed by atoms with E-state index in [2.05, 4.69) is 25.7 Å². The highest BCUT2D eigenvalue weighted by molar-refractivity contribution is 5.77. The summed E-state index contributed by atoms with van der Waals surface area (Å²) in [4.78, 5) is 16.9. The molecular formula is C15H29N3O. The van der Waals surface area contributed by atoms with Gasteiger partial charge in [-0.15, -0.1) is 0 Å². The second kappa shape index (κ2) is 5.80. The smallest absolute Gasteiger partial charge is 0.224 e. The zero-order valence-corrected chi connectivity index (χ0v) is 12.7. The van der Waals surface area contributed by atoms with Gasteiger partial charge in [0.05, 0.1) is 0 Å². The molecule has 2 aliphatic rings. The molecule has 2 N–H and O–H groups in total. The van der Waals surface area contributed by atoms with E-state index in [0.29, 0.717) is 12.5 Å². The maximum absolute atomic E-state index is 12.3. The molecule has 0 radical (unpaired) electrons. The van der Waals surface area contributed by atoms with E-state index in [9.17, 15) is 4.79 Å². The second-order valence-corrected chi connectivity index (χ2v) is 7.20. The Labute approximate surface area is 117 Å². The Morgan fingerprint density at radius 2 is 1.89 bits per heavy atom. The van der Waals surface area contributed by atoms with Gasteiger partial charge in [-0.25, -0.2) is 0 Å². The molecule has 2 fully saturated rings. The van der Waals surface area contributed by atoms with Crippen molar-refractivity contribution in [1.82, 2.24) is 9.80 Å². The highest BCUT2D eigenvalue weighted by Crippen LogP contribution is 2.24. The predicted molar refractivity (Wildman–Crippen MR) is 77.8 cm³/mol. The summed E-state index contributed by atoms with van der Waals surface area (Å²) in [5.41, 5.74) is 6.12. The van der Waals surface area contributed by atoms with E-state index in [-0.39, 0.29) is 17.4 Å². The molecular weight excluding hydrogens is 238 g/mol. The minimum Gasteiger partial charge on any atom is -0.341 e. The minimum atomic E-state index is -0.0502. The third-order valence-electron chi connectivity index (χ3n) is 4.68. The molecule has 2 unspecified atom stereocenters. The lowest BCUT2D eigenvalue weighted by Gasteiger charge is -2.29. The van der Waals surface area contributed by atoms with E-state index < -0.39 is 0 Å². The Hall–Kier alpha value is -0.610. The topological polar surface area (TPSA) is 49.6 Å². The van der Waals surface area contributed by atoms with E-state index in [1.165, 1.54) is 25.9 Å². The largest absolute Gasteiger partial charge is 0.341 e. The number of amides is 1. The molecule has 19 heavy (non-hydrogen) atoms. The number of carbonyl (C=O) groups excluding carboxylic acids is 1. The maximum Gasteiger partial charge on any atom is 0.224 e. The van der Waals surface area contributed by atoms with Crippen molar-refractivity contribution >= 4 is 5.91 Å². The average molecular weight is 267 g/mol. The van der Waals surface area contributed by atoms with E-state index >= 15 is 0 Å². The Kier molecular flexibility index (Phi) is 4.51. The zero-order valence-electron chi connectivity index (χ0n) is 12.7. The zero-order chi connectivity index (χ0) is 14.0. The Balaban J connectivity index is 1.81. The van der Waals surface area contributed by atoms with E-state index in [4.69, 9.17) is 5.73 Å². The monoisotopic (exact) mass is 267 g/mol. The lowest BCUT2D eigenvalue weighted by molar-refractivity contribution is -0.131. The molecule has 0 aliphatic carbocycles. The third-order valence-corrected chi connectivity index (χ3v) is 4.68. The first-order chi connectivity index (χ1) is 8.88. The summed E-state index contributed by atoms with van der Waals surface area (Å²) in [5, 5.41) is 0. The van der Waals surface area contributed by atoms with Gasteiger partial charge in [0.2, 0.25) is 5.91 Å². The quantitative estimate of drug-likeness (QED) is 0.842. The number of carbonyl (C=O) groups is 1. The van der Waals surface area contributed by atoms with Crippen LogP contribution in [0.4, 0.5) is 0 Å². The molecule has 1 amide bonds. The van der Waals surface area contributed by atoms with E-state index in [1.807, 2.05) is 4.90 Å². The molecule has 0 aromatic carbocycles. The Bertz CT molecular complexity index is 318. The van der Waals surface area contributed by atoms with Crippen LogP contribution in [-0.2, 0) is 4.79 Å². The lowest BCUT2D eigenvalue weighted by Crippen LogP contribution is -2.42. The number of hydrogen-bond donors (Lipinski definition) is 1. The van der Waals surface area contributed by atoms with Gasteiger partial charge < -0.3 is 10.6 Å². The van der Waals surface area contributed by atoms with Crippen LogP contribution in [-0.4, -0.2) is 54.0 Å².